The molecule has 0 spiro atoms. The quantitative estimate of drug-likeness (QED) is 0.898. The Balaban J connectivity index is 1.94. The van der Waals surface area contributed by atoms with E-state index in [-0.39, 0.29) is 4.90 Å². The van der Waals surface area contributed by atoms with Crippen LogP contribution in [0.4, 0.5) is 5.82 Å². The topological polar surface area (TPSA) is 76.3 Å². The Morgan fingerprint density at radius 3 is 2.21 bits per heavy atom. The van der Waals surface area contributed by atoms with Gasteiger partial charge in [0.15, 0.2) is 0 Å². The van der Waals surface area contributed by atoms with E-state index in [4.69, 9.17) is 5.73 Å². The summed E-state index contributed by atoms with van der Waals surface area (Å²) >= 11 is 0. The van der Waals surface area contributed by atoms with Crippen LogP contribution in [0.25, 0.3) is 0 Å². The number of fused-ring (bicyclic) bond motifs is 1. The maximum atomic E-state index is 12.5. The Kier molecular flexibility index (Phi) is 2.76. The van der Waals surface area contributed by atoms with E-state index in [1.807, 2.05) is 24.3 Å². The second kappa shape index (κ2) is 4.32. The molecule has 0 radical (unpaired) electrons. The van der Waals surface area contributed by atoms with Gasteiger partial charge in [0.1, 0.15) is 10.7 Å². The molecule has 0 aliphatic carbocycles. The van der Waals surface area contributed by atoms with Gasteiger partial charge in [-0.3, -0.25) is 0 Å². The number of benzene rings is 1. The largest absolute Gasteiger partial charge is 0.384 e. The average Bonchev–Trinajstić information content (AvgIpc) is 2.83. The molecule has 0 atom stereocenters. The summed E-state index contributed by atoms with van der Waals surface area (Å²) in [7, 11) is -3.51. The van der Waals surface area contributed by atoms with Gasteiger partial charge in [0.05, 0.1) is 0 Å². The fraction of sp³-hybridized carbons (Fsp3) is 0.154. The minimum absolute atomic E-state index is 0.175. The zero-order valence-corrected chi connectivity index (χ0v) is 11.0. The van der Waals surface area contributed by atoms with Crippen LogP contribution < -0.4 is 5.73 Å². The fourth-order valence-electron chi connectivity index (χ4n) is 2.17. The van der Waals surface area contributed by atoms with Crippen molar-refractivity contribution in [3.63, 3.8) is 0 Å². The molecule has 19 heavy (non-hydrogen) atoms. The molecule has 0 unspecified atom stereocenters. The minimum Gasteiger partial charge on any atom is -0.384 e. The first kappa shape index (κ1) is 12.1. The van der Waals surface area contributed by atoms with Gasteiger partial charge in [-0.2, -0.15) is 4.31 Å². The summed E-state index contributed by atoms with van der Waals surface area (Å²) in [5, 5.41) is 0. The van der Waals surface area contributed by atoms with Gasteiger partial charge in [-0.15, -0.1) is 0 Å². The van der Waals surface area contributed by atoms with Crippen LogP contribution >= 0.6 is 0 Å². The zero-order valence-electron chi connectivity index (χ0n) is 10.2. The molecule has 0 bridgehead atoms. The third-order valence-corrected chi connectivity index (χ3v) is 4.98. The van der Waals surface area contributed by atoms with Crippen molar-refractivity contribution in [1.29, 1.82) is 0 Å². The van der Waals surface area contributed by atoms with Gasteiger partial charge in [0.2, 0.25) is 10.0 Å². The lowest BCUT2D eigenvalue weighted by Crippen LogP contribution is -2.25. The minimum atomic E-state index is -3.51. The predicted molar refractivity (Wildman–Crippen MR) is 71.5 cm³/mol. The Morgan fingerprint density at radius 1 is 1.05 bits per heavy atom. The van der Waals surface area contributed by atoms with Gasteiger partial charge >= 0.3 is 0 Å². The summed E-state index contributed by atoms with van der Waals surface area (Å²) < 4.78 is 26.4. The van der Waals surface area contributed by atoms with Crippen molar-refractivity contribution >= 4 is 15.8 Å². The number of pyridine rings is 1. The first-order valence-electron chi connectivity index (χ1n) is 5.86. The van der Waals surface area contributed by atoms with Crippen LogP contribution in [0.1, 0.15) is 11.1 Å². The highest BCUT2D eigenvalue weighted by Gasteiger charge is 2.30. The molecule has 2 N–H and O–H groups in total. The monoisotopic (exact) mass is 275 g/mol. The summed E-state index contributed by atoms with van der Waals surface area (Å²) in [6, 6.07) is 10.7. The lowest BCUT2D eigenvalue weighted by Gasteiger charge is -2.15. The lowest BCUT2D eigenvalue weighted by molar-refractivity contribution is 0.431. The highest BCUT2D eigenvalue weighted by molar-refractivity contribution is 7.89. The van der Waals surface area contributed by atoms with Crippen molar-refractivity contribution in [3.05, 3.63) is 53.7 Å². The lowest BCUT2D eigenvalue weighted by atomic mass is 10.1. The number of nitrogens with two attached hydrogens (primary N) is 1. The van der Waals surface area contributed by atoms with Crippen LogP contribution in [0.5, 0.6) is 0 Å². The molecule has 0 saturated heterocycles. The van der Waals surface area contributed by atoms with Crippen molar-refractivity contribution in [2.24, 2.45) is 0 Å². The second-order valence-corrected chi connectivity index (χ2v) is 6.40. The van der Waals surface area contributed by atoms with Crippen LogP contribution in [-0.2, 0) is 23.1 Å². The van der Waals surface area contributed by atoms with E-state index in [0.29, 0.717) is 18.9 Å². The molecule has 6 heteroatoms. The number of nitrogens with zero attached hydrogens (tertiary/aromatic N) is 2. The molecule has 5 nitrogen and oxygen atoms in total. The van der Waals surface area contributed by atoms with Crippen molar-refractivity contribution in [2.75, 3.05) is 5.73 Å². The van der Waals surface area contributed by atoms with Gasteiger partial charge in [0.25, 0.3) is 0 Å². The highest BCUT2D eigenvalue weighted by Crippen LogP contribution is 2.28. The van der Waals surface area contributed by atoms with Gasteiger partial charge in [-0.05, 0) is 23.3 Å². The number of rotatable bonds is 2. The number of sulfonamides is 1. The zero-order chi connectivity index (χ0) is 13.5. The molecule has 0 fully saturated rings. The van der Waals surface area contributed by atoms with E-state index in [0.717, 1.165) is 11.1 Å². The van der Waals surface area contributed by atoms with Crippen LogP contribution in [0.15, 0.2) is 47.5 Å². The number of hydrogen-bond donors (Lipinski definition) is 1. The average molecular weight is 275 g/mol. The number of aromatic nitrogens is 1. The Morgan fingerprint density at radius 2 is 1.68 bits per heavy atom. The first-order chi connectivity index (χ1) is 9.07. The summed E-state index contributed by atoms with van der Waals surface area (Å²) in [6.07, 6.45) is 1.30. The van der Waals surface area contributed by atoms with Crippen molar-refractivity contribution < 1.29 is 8.42 Å². The van der Waals surface area contributed by atoms with E-state index in [2.05, 4.69) is 4.98 Å². The molecule has 2 heterocycles. The maximum absolute atomic E-state index is 12.5. The number of anilines is 1. The molecule has 1 aromatic heterocycles. The van der Waals surface area contributed by atoms with E-state index in [9.17, 15) is 8.42 Å². The molecule has 2 aromatic rings. The molecule has 1 aliphatic rings. The molecular weight excluding hydrogens is 262 g/mol. The second-order valence-electron chi connectivity index (χ2n) is 4.46. The van der Waals surface area contributed by atoms with E-state index in [1.54, 1.807) is 0 Å². The molecule has 98 valence electrons. The molecule has 3 rings (SSSR count). The Bertz CT molecular complexity index is 686. The SMILES string of the molecule is Nc1ccc(S(=O)(=O)N2Cc3ccccc3C2)cn1. The molecule has 1 aliphatic heterocycles. The Hall–Kier alpha value is -1.92. The maximum Gasteiger partial charge on any atom is 0.245 e. The third kappa shape index (κ3) is 2.09. The number of hydrogen-bond acceptors (Lipinski definition) is 4. The number of nitrogen functional groups attached to an aromatic ring is 1. The van der Waals surface area contributed by atoms with Crippen LogP contribution in [0.3, 0.4) is 0 Å². The third-order valence-electron chi connectivity index (χ3n) is 3.21. The van der Waals surface area contributed by atoms with Crippen molar-refractivity contribution in [3.8, 4) is 0 Å². The summed E-state index contributed by atoms with van der Waals surface area (Å²) in [4.78, 5) is 4.01. The fourth-order valence-corrected chi connectivity index (χ4v) is 3.51. The van der Waals surface area contributed by atoms with Crippen LogP contribution in [0, 0.1) is 0 Å². The van der Waals surface area contributed by atoms with Gasteiger partial charge in [-0.25, -0.2) is 13.4 Å². The summed E-state index contributed by atoms with van der Waals surface area (Å²) in [5.74, 6) is 0.309. The first-order valence-corrected chi connectivity index (χ1v) is 7.30. The molecule has 0 saturated carbocycles. The van der Waals surface area contributed by atoms with Gasteiger partial charge < -0.3 is 5.73 Å². The van der Waals surface area contributed by atoms with E-state index in [1.165, 1.54) is 22.6 Å². The standard InChI is InChI=1S/C13H13N3O2S/c14-13-6-5-12(7-15-13)19(17,18)16-8-10-3-1-2-4-11(10)9-16/h1-7H,8-9H2,(H2,14,15). The smallest absolute Gasteiger partial charge is 0.245 e. The van der Waals surface area contributed by atoms with Crippen molar-refractivity contribution in [2.45, 2.75) is 18.0 Å². The summed E-state index contributed by atoms with van der Waals surface area (Å²) in [5.41, 5.74) is 7.57. The van der Waals surface area contributed by atoms with Crippen LogP contribution in [0.2, 0.25) is 0 Å². The van der Waals surface area contributed by atoms with Gasteiger partial charge in [0, 0.05) is 19.3 Å². The Labute approximate surface area is 111 Å². The summed E-state index contributed by atoms with van der Waals surface area (Å²) in [6.45, 7) is 0.811. The van der Waals surface area contributed by atoms with Crippen molar-refractivity contribution in [1.82, 2.24) is 9.29 Å². The predicted octanol–water partition coefficient (Wildman–Crippen LogP) is 1.37. The van der Waals surface area contributed by atoms with Crippen LogP contribution in [-0.4, -0.2) is 17.7 Å². The van der Waals surface area contributed by atoms with E-state index < -0.39 is 10.0 Å². The van der Waals surface area contributed by atoms with Gasteiger partial charge in [-0.1, -0.05) is 24.3 Å². The molecular formula is C13H13N3O2S. The molecule has 0 amide bonds. The normalized spacial score (nSPS) is 15.4. The highest BCUT2D eigenvalue weighted by atomic mass is 32.2. The molecule has 1 aromatic carbocycles. The van der Waals surface area contributed by atoms with E-state index >= 15 is 0 Å².